The van der Waals surface area contributed by atoms with Crippen LogP contribution in [0.15, 0.2) is 30.4 Å². The highest BCUT2D eigenvalue weighted by Gasteiger charge is 2.23. The van der Waals surface area contributed by atoms with Gasteiger partial charge in [0.25, 0.3) is 5.69 Å². The van der Waals surface area contributed by atoms with Crippen LogP contribution in [0.4, 0.5) is 5.69 Å². The normalized spacial score (nSPS) is 10.7. The fourth-order valence-electron chi connectivity index (χ4n) is 1.44. The predicted octanol–water partition coefficient (Wildman–Crippen LogP) is 2.39. The molecular weight excluding hydrogens is 238 g/mol. The lowest BCUT2D eigenvalue weighted by atomic mass is 10.1. The molecule has 0 aromatic heterocycles. The van der Waals surface area contributed by atoms with Crippen molar-refractivity contribution in [3.05, 3.63) is 51.6 Å². The first-order valence-electron chi connectivity index (χ1n) is 5.26. The number of aromatic carboxylic acids is 1. The number of benzene rings is 1. The quantitative estimate of drug-likeness (QED) is 0.363. The minimum Gasteiger partial charge on any atom is -0.477 e. The van der Waals surface area contributed by atoms with Gasteiger partial charge in [-0.05, 0) is 12.5 Å². The molecule has 0 aliphatic rings. The number of carboxylic acids is 1. The molecule has 0 aliphatic heterocycles. The summed E-state index contributed by atoms with van der Waals surface area (Å²) in [7, 11) is 0. The number of carbonyl (C=O) groups is 1. The Labute approximate surface area is 104 Å². The molecule has 6 nitrogen and oxygen atoms in total. The van der Waals surface area contributed by atoms with Crippen LogP contribution in [0, 0.1) is 10.1 Å². The SMILES string of the molecule is C/C=C/COCc1cccc([N+](=O)[O-])c1C(=O)O. The number of allylic oxidation sites excluding steroid dienone is 1. The first-order chi connectivity index (χ1) is 8.57. The Morgan fingerprint density at radius 1 is 1.56 bits per heavy atom. The molecule has 0 fully saturated rings. The van der Waals surface area contributed by atoms with Gasteiger partial charge in [0.05, 0.1) is 18.1 Å². The van der Waals surface area contributed by atoms with Crippen molar-refractivity contribution in [3.63, 3.8) is 0 Å². The summed E-state index contributed by atoms with van der Waals surface area (Å²) >= 11 is 0. The summed E-state index contributed by atoms with van der Waals surface area (Å²) in [5.41, 5.74) is -0.446. The molecule has 1 aromatic carbocycles. The lowest BCUT2D eigenvalue weighted by Crippen LogP contribution is -2.08. The van der Waals surface area contributed by atoms with Crippen molar-refractivity contribution >= 4 is 11.7 Å². The molecule has 1 aromatic rings. The summed E-state index contributed by atoms with van der Waals surface area (Å²) in [4.78, 5) is 21.1. The lowest BCUT2D eigenvalue weighted by molar-refractivity contribution is -0.385. The second kappa shape index (κ2) is 6.51. The van der Waals surface area contributed by atoms with Gasteiger partial charge >= 0.3 is 5.97 Å². The first-order valence-corrected chi connectivity index (χ1v) is 5.26. The second-order valence-electron chi connectivity index (χ2n) is 3.46. The molecule has 96 valence electrons. The molecule has 1 rings (SSSR count). The molecule has 18 heavy (non-hydrogen) atoms. The lowest BCUT2D eigenvalue weighted by Gasteiger charge is -2.06. The fraction of sp³-hybridized carbons (Fsp3) is 0.250. The molecule has 0 aliphatic carbocycles. The Balaban J connectivity index is 3.00. The van der Waals surface area contributed by atoms with Crippen LogP contribution in [0.3, 0.4) is 0 Å². The Kier molecular flexibility index (Phi) is 5.01. The van der Waals surface area contributed by atoms with Gasteiger partial charge in [-0.3, -0.25) is 10.1 Å². The van der Waals surface area contributed by atoms with E-state index in [1.807, 2.05) is 6.92 Å². The summed E-state index contributed by atoms with van der Waals surface area (Å²) < 4.78 is 5.21. The topological polar surface area (TPSA) is 89.7 Å². The molecule has 0 atom stereocenters. The highest BCUT2D eigenvalue weighted by molar-refractivity contribution is 5.94. The Hall–Kier alpha value is -2.21. The predicted molar refractivity (Wildman–Crippen MR) is 64.5 cm³/mol. The number of hydrogen-bond acceptors (Lipinski definition) is 4. The van der Waals surface area contributed by atoms with Crippen LogP contribution in [0.5, 0.6) is 0 Å². The van der Waals surface area contributed by atoms with Gasteiger partial charge in [-0.25, -0.2) is 4.79 Å². The largest absolute Gasteiger partial charge is 0.477 e. The summed E-state index contributed by atoms with van der Waals surface area (Å²) in [6.45, 7) is 2.19. The molecule has 0 bridgehead atoms. The van der Waals surface area contributed by atoms with Gasteiger partial charge < -0.3 is 9.84 Å². The molecule has 1 N–H and O–H groups in total. The van der Waals surface area contributed by atoms with Crippen LogP contribution >= 0.6 is 0 Å². The molecule has 0 spiro atoms. The molecule has 6 heteroatoms. The van der Waals surface area contributed by atoms with E-state index in [2.05, 4.69) is 0 Å². The molecule has 0 unspecified atom stereocenters. The van der Waals surface area contributed by atoms with E-state index in [9.17, 15) is 14.9 Å². The van der Waals surface area contributed by atoms with Gasteiger partial charge in [-0.2, -0.15) is 0 Å². The van der Waals surface area contributed by atoms with Gasteiger partial charge in [0.1, 0.15) is 5.56 Å². The number of nitrogens with zero attached hydrogens (tertiary/aromatic N) is 1. The van der Waals surface area contributed by atoms with Gasteiger partial charge in [0.2, 0.25) is 0 Å². The summed E-state index contributed by atoms with van der Waals surface area (Å²) in [5, 5.41) is 19.8. The Morgan fingerprint density at radius 3 is 2.83 bits per heavy atom. The molecule has 0 amide bonds. The van der Waals surface area contributed by atoms with E-state index in [0.29, 0.717) is 12.2 Å². The van der Waals surface area contributed by atoms with E-state index in [1.54, 1.807) is 12.2 Å². The average Bonchev–Trinajstić information content (AvgIpc) is 2.33. The van der Waals surface area contributed by atoms with E-state index in [0.717, 1.165) is 0 Å². The zero-order valence-electron chi connectivity index (χ0n) is 9.83. The van der Waals surface area contributed by atoms with Crippen molar-refractivity contribution in [3.8, 4) is 0 Å². The summed E-state index contributed by atoms with van der Waals surface area (Å²) in [6, 6.07) is 4.12. The van der Waals surface area contributed by atoms with Gasteiger partial charge in [-0.1, -0.05) is 24.3 Å². The first kappa shape index (κ1) is 13.9. The van der Waals surface area contributed by atoms with E-state index in [1.165, 1.54) is 18.2 Å². The Bertz CT molecular complexity index is 481. The van der Waals surface area contributed by atoms with E-state index >= 15 is 0 Å². The highest BCUT2D eigenvalue weighted by Crippen LogP contribution is 2.22. The smallest absolute Gasteiger partial charge is 0.343 e. The third kappa shape index (κ3) is 3.39. The van der Waals surface area contributed by atoms with Crippen molar-refractivity contribution in [2.24, 2.45) is 0 Å². The zero-order valence-corrected chi connectivity index (χ0v) is 9.83. The maximum atomic E-state index is 11.1. The van der Waals surface area contributed by atoms with E-state index in [4.69, 9.17) is 9.84 Å². The van der Waals surface area contributed by atoms with Crippen LogP contribution in [0.2, 0.25) is 0 Å². The number of ether oxygens (including phenoxy) is 1. The molecule has 0 saturated heterocycles. The molecular formula is C12H13NO5. The fourth-order valence-corrected chi connectivity index (χ4v) is 1.44. The maximum Gasteiger partial charge on any atom is 0.343 e. The third-order valence-electron chi connectivity index (χ3n) is 2.25. The van der Waals surface area contributed by atoms with Crippen molar-refractivity contribution in [2.45, 2.75) is 13.5 Å². The van der Waals surface area contributed by atoms with Crippen molar-refractivity contribution < 1.29 is 19.6 Å². The monoisotopic (exact) mass is 251 g/mol. The zero-order chi connectivity index (χ0) is 13.5. The van der Waals surface area contributed by atoms with Gasteiger partial charge in [-0.15, -0.1) is 0 Å². The number of nitro benzene ring substituents is 1. The van der Waals surface area contributed by atoms with Crippen molar-refractivity contribution in [1.29, 1.82) is 0 Å². The minimum atomic E-state index is -1.33. The minimum absolute atomic E-state index is 0.0215. The van der Waals surface area contributed by atoms with Crippen LogP contribution in [0.1, 0.15) is 22.8 Å². The van der Waals surface area contributed by atoms with Gasteiger partial charge in [0.15, 0.2) is 0 Å². The third-order valence-corrected chi connectivity index (χ3v) is 2.25. The molecule has 0 saturated carbocycles. The Morgan fingerprint density at radius 2 is 2.28 bits per heavy atom. The summed E-state index contributed by atoms with van der Waals surface area (Å²) in [5.74, 6) is -1.33. The number of nitro groups is 1. The molecule has 0 heterocycles. The summed E-state index contributed by atoms with van der Waals surface area (Å²) in [6.07, 6.45) is 3.56. The average molecular weight is 251 g/mol. The van der Waals surface area contributed by atoms with Crippen LogP contribution in [-0.4, -0.2) is 22.6 Å². The van der Waals surface area contributed by atoms with E-state index in [-0.39, 0.29) is 12.2 Å². The van der Waals surface area contributed by atoms with Crippen molar-refractivity contribution in [2.75, 3.05) is 6.61 Å². The van der Waals surface area contributed by atoms with Crippen LogP contribution < -0.4 is 0 Å². The standard InChI is InChI=1S/C12H13NO5/c1-2-3-7-18-8-9-5-4-6-10(13(16)17)11(9)12(14)15/h2-6H,7-8H2,1H3,(H,14,15)/b3-2+. The van der Waals surface area contributed by atoms with E-state index < -0.39 is 16.6 Å². The van der Waals surface area contributed by atoms with Crippen LogP contribution in [0.25, 0.3) is 0 Å². The number of carboxylic acid groups (broad SMARTS) is 1. The maximum absolute atomic E-state index is 11.1. The molecule has 0 radical (unpaired) electrons. The number of rotatable bonds is 6. The van der Waals surface area contributed by atoms with Gasteiger partial charge in [0, 0.05) is 6.07 Å². The van der Waals surface area contributed by atoms with Crippen LogP contribution in [-0.2, 0) is 11.3 Å². The number of hydrogen-bond donors (Lipinski definition) is 1. The van der Waals surface area contributed by atoms with Crippen molar-refractivity contribution in [1.82, 2.24) is 0 Å². The highest BCUT2D eigenvalue weighted by atomic mass is 16.6. The second-order valence-corrected chi connectivity index (χ2v) is 3.46.